The maximum Gasteiger partial charge on any atom is 0.0809 e. The molecule has 0 aromatic carbocycles. The van der Waals surface area contributed by atoms with E-state index < -0.39 is 0 Å². The average Bonchev–Trinajstić information content (AvgIpc) is 2.80. The monoisotopic (exact) mass is 226 g/mol. The Labute approximate surface area is 94.6 Å². The number of nitrogens with two attached hydrogens (primary N) is 1. The van der Waals surface area contributed by atoms with Gasteiger partial charge in [-0.3, -0.25) is 11.3 Å². The first-order valence-electron chi connectivity index (χ1n) is 5.35. The zero-order valence-corrected chi connectivity index (χ0v) is 10.0. The summed E-state index contributed by atoms with van der Waals surface area (Å²) < 4.78 is 5.76. The van der Waals surface area contributed by atoms with Crippen molar-refractivity contribution in [1.29, 1.82) is 0 Å². The maximum absolute atomic E-state index is 5.76. The van der Waals surface area contributed by atoms with E-state index in [-0.39, 0.29) is 12.1 Å². The SMILES string of the molecule is Cc1sccc1C(NN)C1OCCC1C. The van der Waals surface area contributed by atoms with E-state index in [1.54, 1.807) is 11.3 Å². The zero-order chi connectivity index (χ0) is 10.8. The van der Waals surface area contributed by atoms with Gasteiger partial charge in [-0.25, -0.2) is 0 Å². The minimum atomic E-state index is 0.133. The molecule has 3 nitrogen and oxygen atoms in total. The summed E-state index contributed by atoms with van der Waals surface area (Å²) in [5.74, 6) is 6.22. The Balaban J connectivity index is 2.20. The number of hydrazine groups is 1. The van der Waals surface area contributed by atoms with Crippen molar-refractivity contribution in [1.82, 2.24) is 5.43 Å². The van der Waals surface area contributed by atoms with E-state index in [0.29, 0.717) is 5.92 Å². The summed E-state index contributed by atoms with van der Waals surface area (Å²) in [5, 5.41) is 2.11. The highest BCUT2D eigenvalue weighted by Gasteiger charge is 2.33. The van der Waals surface area contributed by atoms with Crippen LogP contribution in [0.3, 0.4) is 0 Å². The van der Waals surface area contributed by atoms with Crippen LogP contribution in [0.4, 0.5) is 0 Å². The molecule has 4 heteroatoms. The quantitative estimate of drug-likeness (QED) is 0.612. The van der Waals surface area contributed by atoms with Gasteiger partial charge in [-0.2, -0.15) is 0 Å². The molecule has 1 saturated heterocycles. The predicted octanol–water partition coefficient (Wildman–Crippen LogP) is 1.99. The van der Waals surface area contributed by atoms with Crippen LogP contribution >= 0.6 is 11.3 Å². The lowest BCUT2D eigenvalue weighted by Crippen LogP contribution is -2.38. The molecule has 0 amide bonds. The molecule has 1 fully saturated rings. The summed E-state index contributed by atoms with van der Waals surface area (Å²) in [5.41, 5.74) is 4.18. The Bertz CT molecular complexity index is 326. The third-order valence-corrected chi connectivity index (χ3v) is 4.05. The lowest BCUT2D eigenvalue weighted by Gasteiger charge is -2.25. The summed E-state index contributed by atoms with van der Waals surface area (Å²) >= 11 is 1.76. The fourth-order valence-electron chi connectivity index (χ4n) is 2.22. The Morgan fingerprint density at radius 2 is 2.47 bits per heavy atom. The predicted molar refractivity (Wildman–Crippen MR) is 62.6 cm³/mol. The summed E-state index contributed by atoms with van der Waals surface area (Å²) in [6, 6.07) is 2.27. The maximum atomic E-state index is 5.76. The van der Waals surface area contributed by atoms with Crippen molar-refractivity contribution < 1.29 is 4.74 Å². The second-order valence-corrected chi connectivity index (χ2v) is 5.30. The van der Waals surface area contributed by atoms with Crippen molar-refractivity contribution in [2.24, 2.45) is 11.8 Å². The Morgan fingerprint density at radius 1 is 1.67 bits per heavy atom. The van der Waals surface area contributed by atoms with Crippen molar-refractivity contribution in [3.63, 3.8) is 0 Å². The molecule has 0 radical (unpaired) electrons. The van der Waals surface area contributed by atoms with E-state index in [1.165, 1.54) is 10.4 Å². The Morgan fingerprint density at radius 3 is 2.93 bits per heavy atom. The minimum absolute atomic E-state index is 0.133. The summed E-state index contributed by atoms with van der Waals surface area (Å²) in [6.07, 6.45) is 1.34. The number of thiophene rings is 1. The fraction of sp³-hybridized carbons (Fsp3) is 0.636. The molecule has 2 heterocycles. The number of hydrogen-bond donors (Lipinski definition) is 2. The van der Waals surface area contributed by atoms with Gasteiger partial charge in [0, 0.05) is 11.5 Å². The summed E-state index contributed by atoms with van der Waals surface area (Å²) in [4.78, 5) is 1.32. The van der Waals surface area contributed by atoms with Crippen molar-refractivity contribution in [2.45, 2.75) is 32.4 Å². The molecular weight excluding hydrogens is 208 g/mol. The summed E-state index contributed by atoms with van der Waals surface area (Å²) in [7, 11) is 0. The molecule has 0 bridgehead atoms. The number of ether oxygens (including phenoxy) is 1. The molecule has 84 valence electrons. The van der Waals surface area contributed by atoms with Crippen molar-refractivity contribution in [2.75, 3.05) is 6.61 Å². The first-order valence-corrected chi connectivity index (χ1v) is 6.23. The van der Waals surface area contributed by atoms with Crippen LogP contribution in [0.25, 0.3) is 0 Å². The second-order valence-electron chi connectivity index (χ2n) is 4.18. The molecule has 1 aromatic heterocycles. The van der Waals surface area contributed by atoms with Crippen LogP contribution in [0.5, 0.6) is 0 Å². The van der Waals surface area contributed by atoms with E-state index in [9.17, 15) is 0 Å². The minimum Gasteiger partial charge on any atom is -0.376 e. The molecule has 3 atom stereocenters. The molecule has 1 aliphatic rings. The van der Waals surface area contributed by atoms with Gasteiger partial charge in [-0.1, -0.05) is 6.92 Å². The van der Waals surface area contributed by atoms with Gasteiger partial charge >= 0.3 is 0 Å². The third-order valence-electron chi connectivity index (χ3n) is 3.19. The van der Waals surface area contributed by atoms with Crippen molar-refractivity contribution in [3.05, 3.63) is 21.9 Å². The van der Waals surface area contributed by atoms with Gasteiger partial charge in [0.15, 0.2) is 0 Å². The third kappa shape index (κ3) is 2.08. The molecule has 1 aliphatic heterocycles. The largest absolute Gasteiger partial charge is 0.376 e. The molecule has 1 aromatic rings. The van der Waals surface area contributed by atoms with E-state index in [4.69, 9.17) is 10.6 Å². The summed E-state index contributed by atoms with van der Waals surface area (Å²) in [6.45, 7) is 5.21. The highest BCUT2D eigenvalue weighted by atomic mass is 32.1. The topological polar surface area (TPSA) is 47.3 Å². The standard InChI is InChI=1S/C11H18N2OS/c1-7-3-5-14-11(7)10(13-12)9-4-6-15-8(9)2/h4,6-7,10-11,13H,3,5,12H2,1-2H3. The molecule has 0 aliphatic carbocycles. The van der Waals surface area contributed by atoms with Gasteiger partial charge in [0.25, 0.3) is 0 Å². The van der Waals surface area contributed by atoms with E-state index in [0.717, 1.165) is 13.0 Å². The van der Waals surface area contributed by atoms with Gasteiger partial charge in [-0.15, -0.1) is 11.3 Å². The first-order chi connectivity index (χ1) is 7.24. The first kappa shape index (κ1) is 11.1. The molecule has 2 rings (SSSR count). The van der Waals surface area contributed by atoms with Gasteiger partial charge in [0.05, 0.1) is 12.1 Å². The molecule has 3 N–H and O–H groups in total. The highest BCUT2D eigenvalue weighted by molar-refractivity contribution is 7.10. The van der Waals surface area contributed by atoms with Crippen LogP contribution in [0.15, 0.2) is 11.4 Å². The van der Waals surface area contributed by atoms with E-state index >= 15 is 0 Å². The Kier molecular flexibility index (Phi) is 3.41. The molecule has 3 unspecified atom stereocenters. The fourth-order valence-corrected chi connectivity index (χ4v) is 2.97. The zero-order valence-electron chi connectivity index (χ0n) is 9.19. The highest BCUT2D eigenvalue weighted by Crippen LogP contribution is 2.33. The van der Waals surface area contributed by atoms with E-state index in [1.807, 2.05) is 0 Å². The average molecular weight is 226 g/mol. The molecule has 15 heavy (non-hydrogen) atoms. The van der Waals surface area contributed by atoms with Gasteiger partial charge in [0.1, 0.15) is 0 Å². The molecule has 0 spiro atoms. The van der Waals surface area contributed by atoms with Gasteiger partial charge in [0.2, 0.25) is 0 Å². The lowest BCUT2D eigenvalue weighted by atomic mass is 9.93. The van der Waals surface area contributed by atoms with Crippen molar-refractivity contribution >= 4 is 11.3 Å². The smallest absolute Gasteiger partial charge is 0.0809 e. The number of hydrogen-bond acceptors (Lipinski definition) is 4. The molecular formula is C11H18N2OS. The molecule has 0 saturated carbocycles. The normalized spacial score (nSPS) is 28.2. The van der Waals surface area contributed by atoms with Gasteiger partial charge < -0.3 is 4.74 Å². The van der Waals surface area contributed by atoms with Crippen LogP contribution in [0.2, 0.25) is 0 Å². The number of nitrogens with one attached hydrogen (secondary N) is 1. The van der Waals surface area contributed by atoms with Gasteiger partial charge in [-0.05, 0) is 36.3 Å². The van der Waals surface area contributed by atoms with Crippen LogP contribution in [-0.2, 0) is 4.74 Å². The number of rotatable bonds is 3. The lowest BCUT2D eigenvalue weighted by molar-refractivity contribution is 0.0607. The van der Waals surface area contributed by atoms with E-state index in [2.05, 4.69) is 30.7 Å². The second kappa shape index (κ2) is 4.61. The van der Waals surface area contributed by atoms with Crippen LogP contribution in [-0.4, -0.2) is 12.7 Å². The van der Waals surface area contributed by atoms with Crippen LogP contribution in [0.1, 0.15) is 29.8 Å². The Hall–Kier alpha value is -0.420. The number of aryl methyl sites for hydroxylation is 1. The van der Waals surface area contributed by atoms with Crippen LogP contribution < -0.4 is 11.3 Å². The van der Waals surface area contributed by atoms with Crippen LogP contribution in [0, 0.1) is 12.8 Å². The van der Waals surface area contributed by atoms with Crippen molar-refractivity contribution in [3.8, 4) is 0 Å².